The van der Waals surface area contributed by atoms with E-state index >= 15 is 0 Å². The van der Waals surface area contributed by atoms with Crippen LogP contribution in [-0.4, -0.2) is 45.4 Å². The third kappa shape index (κ3) is 3.96. The summed E-state index contributed by atoms with van der Waals surface area (Å²) in [5.74, 6) is -0.567. The van der Waals surface area contributed by atoms with Crippen molar-refractivity contribution < 1.29 is 18.0 Å². The van der Waals surface area contributed by atoms with Gasteiger partial charge >= 0.3 is 0 Å². The zero-order chi connectivity index (χ0) is 13.8. The van der Waals surface area contributed by atoms with Crippen molar-refractivity contribution in [2.45, 2.75) is 11.3 Å². The van der Waals surface area contributed by atoms with Crippen LogP contribution >= 0.6 is 0 Å². The van der Waals surface area contributed by atoms with Crippen molar-refractivity contribution in [2.24, 2.45) is 0 Å². The summed E-state index contributed by atoms with van der Waals surface area (Å²) in [6, 6.07) is 6.48. The Morgan fingerprint density at radius 3 is 2.28 bits per heavy atom. The van der Waals surface area contributed by atoms with Gasteiger partial charge in [0.05, 0.1) is 4.90 Å². The number of carbonyl (C=O) groups excluding carboxylic acids is 2. The van der Waals surface area contributed by atoms with E-state index in [9.17, 15) is 18.0 Å². The van der Waals surface area contributed by atoms with Crippen LogP contribution in [0, 0.1) is 0 Å². The van der Waals surface area contributed by atoms with Crippen LogP contribution in [-0.2, 0) is 25.8 Å². The molecule has 6 heteroatoms. The van der Waals surface area contributed by atoms with E-state index in [0.717, 1.165) is 11.8 Å². The number of hydrogen-bond donors (Lipinski definition) is 0. The minimum absolute atomic E-state index is 0.267. The molecular formula is C12H15NO4S. The molecule has 1 aromatic rings. The van der Waals surface area contributed by atoms with Crippen molar-refractivity contribution in [1.29, 1.82) is 0 Å². The van der Waals surface area contributed by atoms with Crippen LogP contribution in [0.15, 0.2) is 29.2 Å². The van der Waals surface area contributed by atoms with Gasteiger partial charge in [0, 0.05) is 19.8 Å². The van der Waals surface area contributed by atoms with Gasteiger partial charge in [-0.25, -0.2) is 8.42 Å². The number of rotatable bonds is 5. The highest BCUT2D eigenvalue weighted by molar-refractivity contribution is 7.90. The predicted molar refractivity (Wildman–Crippen MR) is 67.0 cm³/mol. The van der Waals surface area contributed by atoms with E-state index in [0.29, 0.717) is 13.0 Å². The van der Waals surface area contributed by atoms with Crippen molar-refractivity contribution >= 4 is 22.0 Å². The number of nitrogens with zero attached hydrogens (tertiary/aromatic N) is 1. The number of benzene rings is 1. The molecule has 98 valence electrons. The molecule has 0 unspecified atom stereocenters. The minimum atomic E-state index is -3.18. The Kier molecular flexibility index (Phi) is 4.61. The Bertz CT molecular complexity index is 534. The molecule has 0 aliphatic carbocycles. The summed E-state index contributed by atoms with van der Waals surface area (Å²) in [4.78, 5) is 22.8. The molecule has 0 aliphatic heterocycles. The molecule has 0 aliphatic rings. The van der Waals surface area contributed by atoms with Crippen LogP contribution in [0.1, 0.15) is 5.56 Å². The summed E-state index contributed by atoms with van der Waals surface area (Å²) in [7, 11) is -1.64. The number of carbonyl (C=O) groups is 2. The predicted octanol–water partition coefficient (Wildman–Crippen LogP) is 0.290. The fraction of sp³-hybridized carbons (Fsp3) is 0.333. The van der Waals surface area contributed by atoms with Crippen molar-refractivity contribution in [3.8, 4) is 0 Å². The number of sulfone groups is 1. The first-order valence-electron chi connectivity index (χ1n) is 5.34. The normalized spacial score (nSPS) is 11.0. The Labute approximate surface area is 106 Å². The maximum absolute atomic E-state index is 11.2. The molecule has 0 bridgehead atoms. The number of aldehydes is 1. The van der Waals surface area contributed by atoms with Gasteiger partial charge in [0.1, 0.15) is 0 Å². The van der Waals surface area contributed by atoms with E-state index in [1.54, 1.807) is 19.2 Å². The highest BCUT2D eigenvalue weighted by atomic mass is 32.2. The maximum atomic E-state index is 11.2. The van der Waals surface area contributed by atoms with E-state index in [1.807, 2.05) is 0 Å². The Balaban J connectivity index is 2.65. The van der Waals surface area contributed by atoms with Gasteiger partial charge in [0.15, 0.2) is 9.84 Å². The number of likely N-dealkylation sites (N-methyl/N-ethyl adjacent to an activating group) is 1. The van der Waals surface area contributed by atoms with Gasteiger partial charge in [0.25, 0.3) is 5.91 Å². The van der Waals surface area contributed by atoms with Crippen LogP contribution in [0.5, 0.6) is 0 Å². The van der Waals surface area contributed by atoms with Crippen LogP contribution < -0.4 is 0 Å². The van der Waals surface area contributed by atoms with Gasteiger partial charge in [-0.1, -0.05) is 12.1 Å². The van der Waals surface area contributed by atoms with Crippen LogP contribution in [0.2, 0.25) is 0 Å². The second-order valence-corrected chi connectivity index (χ2v) is 6.06. The Morgan fingerprint density at radius 2 is 1.83 bits per heavy atom. The first-order valence-corrected chi connectivity index (χ1v) is 7.23. The molecule has 0 saturated carbocycles. The summed E-state index contributed by atoms with van der Waals surface area (Å²) >= 11 is 0. The molecule has 0 saturated heterocycles. The molecule has 1 aromatic carbocycles. The molecule has 0 radical (unpaired) electrons. The molecule has 1 rings (SSSR count). The Morgan fingerprint density at radius 1 is 1.28 bits per heavy atom. The molecule has 0 heterocycles. The average molecular weight is 269 g/mol. The zero-order valence-electron chi connectivity index (χ0n) is 10.3. The SMILES string of the molecule is CN(CCc1ccc(S(C)(=O)=O)cc1)C(=O)C=O. The van der Waals surface area contributed by atoms with Gasteiger partial charge in [-0.05, 0) is 24.1 Å². The fourth-order valence-electron chi connectivity index (χ4n) is 1.40. The summed E-state index contributed by atoms with van der Waals surface area (Å²) < 4.78 is 22.5. The molecule has 0 spiro atoms. The van der Waals surface area contributed by atoms with E-state index in [-0.39, 0.29) is 11.2 Å². The topological polar surface area (TPSA) is 71.5 Å². The lowest BCUT2D eigenvalue weighted by atomic mass is 10.1. The molecule has 1 amide bonds. The van der Waals surface area contributed by atoms with Gasteiger partial charge in [0.2, 0.25) is 6.29 Å². The van der Waals surface area contributed by atoms with Gasteiger partial charge < -0.3 is 4.90 Å². The Hall–Kier alpha value is -1.69. The van der Waals surface area contributed by atoms with E-state index in [4.69, 9.17) is 0 Å². The molecular weight excluding hydrogens is 254 g/mol. The monoisotopic (exact) mass is 269 g/mol. The summed E-state index contributed by atoms with van der Waals surface area (Å²) in [6.07, 6.45) is 1.99. The minimum Gasteiger partial charge on any atom is -0.339 e. The average Bonchev–Trinajstić information content (AvgIpc) is 2.34. The molecule has 0 aromatic heterocycles. The maximum Gasteiger partial charge on any atom is 0.286 e. The summed E-state index contributed by atoms with van der Waals surface area (Å²) in [6.45, 7) is 0.412. The molecule has 0 atom stereocenters. The zero-order valence-corrected chi connectivity index (χ0v) is 11.1. The van der Waals surface area contributed by atoms with E-state index in [1.165, 1.54) is 17.0 Å². The van der Waals surface area contributed by atoms with Crippen molar-refractivity contribution in [1.82, 2.24) is 4.90 Å². The lowest BCUT2D eigenvalue weighted by Gasteiger charge is -2.13. The summed E-state index contributed by atoms with van der Waals surface area (Å²) in [5.41, 5.74) is 0.910. The molecule has 0 fully saturated rings. The van der Waals surface area contributed by atoms with Crippen LogP contribution in [0.3, 0.4) is 0 Å². The molecule has 0 N–H and O–H groups in total. The van der Waals surface area contributed by atoms with Gasteiger partial charge in [-0.3, -0.25) is 9.59 Å². The second kappa shape index (κ2) is 5.77. The lowest BCUT2D eigenvalue weighted by Crippen LogP contribution is -2.29. The van der Waals surface area contributed by atoms with E-state index in [2.05, 4.69) is 0 Å². The largest absolute Gasteiger partial charge is 0.339 e. The van der Waals surface area contributed by atoms with Gasteiger partial charge in [-0.15, -0.1) is 0 Å². The highest BCUT2D eigenvalue weighted by Gasteiger charge is 2.08. The molecule has 18 heavy (non-hydrogen) atoms. The third-order valence-electron chi connectivity index (χ3n) is 2.56. The van der Waals surface area contributed by atoms with Crippen molar-refractivity contribution in [2.75, 3.05) is 19.8 Å². The van der Waals surface area contributed by atoms with Gasteiger partial charge in [-0.2, -0.15) is 0 Å². The first-order chi connectivity index (χ1) is 8.34. The van der Waals surface area contributed by atoms with Crippen LogP contribution in [0.4, 0.5) is 0 Å². The molecule has 5 nitrogen and oxygen atoms in total. The second-order valence-electron chi connectivity index (χ2n) is 4.04. The van der Waals surface area contributed by atoms with E-state index < -0.39 is 15.7 Å². The lowest BCUT2D eigenvalue weighted by molar-refractivity contribution is -0.137. The van der Waals surface area contributed by atoms with Crippen molar-refractivity contribution in [3.63, 3.8) is 0 Å². The van der Waals surface area contributed by atoms with Crippen LogP contribution in [0.25, 0.3) is 0 Å². The third-order valence-corrected chi connectivity index (χ3v) is 3.69. The number of hydrogen-bond acceptors (Lipinski definition) is 4. The van der Waals surface area contributed by atoms with Crippen molar-refractivity contribution in [3.05, 3.63) is 29.8 Å². The highest BCUT2D eigenvalue weighted by Crippen LogP contribution is 2.10. The number of amides is 1. The fourth-order valence-corrected chi connectivity index (χ4v) is 2.03. The quantitative estimate of drug-likeness (QED) is 0.569. The summed E-state index contributed by atoms with van der Waals surface area (Å²) in [5, 5.41) is 0. The smallest absolute Gasteiger partial charge is 0.286 e. The standard InChI is InChI=1S/C12H15NO4S/c1-13(12(15)9-14)8-7-10-3-5-11(6-4-10)18(2,16)17/h3-6,9H,7-8H2,1-2H3. The first kappa shape index (κ1) is 14.4.